The van der Waals surface area contributed by atoms with Gasteiger partial charge in [-0.05, 0) is 30.8 Å². The maximum Gasteiger partial charge on any atom is 0.160 e. The van der Waals surface area contributed by atoms with Crippen LogP contribution in [0.5, 0.6) is 0 Å². The zero-order valence-electron chi connectivity index (χ0n) is 10.1. The maximum absolute atomic E-state index is 13.8. The van der Waals surface area contributed by atoms with Gasteiger partial charge in [-0.1, -0.05) is 23.7 Å². The monoisotopic (exact) mass is 285 g/mol. The van der Waals surface area contributed by atoms with Crippen molar-refractivity contribution in [2.45, 2.75) is 6.54 Å². The van der Waals surface area contributed by atoms with E-state index in [1.54, 1.807) is 19.2 Å². The third-order valence-corrected chi connectivity index (χ3v) is 3.05. The third kappa shape index (κ3) is 2.91. The Morgan fingerprint density at radius 1 is 1.00 bits per heavy atom. The van der Waals surface area contributed by atoms with Gasteiger partial charge in [-0.15, -0.1) is 0 Å². The molecule has 0 aliphatic heterocycles. The van der Waals surface area contributed by atoms with Crippen molar-refractivity contribution in [1.82, 2.24) is 5.32 Å². The summed E-state index contributed by atoms with van der Waals surface area (Å²) in [4.78, 5) is 0. The zero-order chi connectivity index (χ0) is 14.0. The molecule has 0 aromatic heterocycles. The lowest BCUT2D eigenvalue weighted by Gasteiger charge is -2.08. The van der Waals surface area contributed by atoms with E-state index in [0.717, 1.165) is 12.1 Å². The van der Waals surface area contributed by atoms with Crippen LogP contribution in [0.1, 0.15) is 5.56 Å². The summed E-state index contributed by atoms with van der Waals surface area (Å²) in [6.07, 6.45) is 0. The van der Waals surface area contributed by atoms with Gasteiger partial charge in [0, 0.05) is 17.7 Å². The summed E-state index contributed by atoms with van der Waals surface area (Å²) in [5.41, 5.74) is 1.15. The SMILES string of the molecule is CNCc1ccc(-c2cc(F)c(F)cc2Cl)cc1F. The lowest BCUT2D eigenvalue weighted by atomic mass is 10.0. The molecule has 0 heterocycles. The lowest BCUT2D eigenvalue weighted by molar-refractivity contribution is 0.509. The van der Waals surface area contributed by atoms with E-state index in [0.29, 0.717) is 17.7 Å². The molecule has 0 unspecified atom stereocenters. The maximum atomic E-state index is 13.8. The molecule has 19 heavy (non-hydrogen) atoms. The minimum absolute atomic E-state index is 0.0414. The minimum atomic E-state index is -1.03. The van der Waals surface area contributed by atoms with Crippen molar-refractivity contribution >= 4 is 11.6 Å². The second kappa shape index (κ2) is 5.63. The molecule has 1 N–H and O–H groups in total. The predicted octanol–water partition coefficient (Wildman–Crippen LogP) is 4.14. The fourth-order valence-corrected chi connectivity index (χ4v) is 2.05. The number of halogens is 4. The van der Waals surface area contributed by atoms with Crippen molar-refractivity contribution < 1.29 is 13.2 Å². The summed E-state index contributed by atoms with van der Waals surface area (Å²) < 4.78 is 40.0. The molecule has 0 spiro atoms. The Bertz CT molecular complexity index is 614. The average Bonchev–Trinajstić information content (AvgIpc) is 2.36. The van der Waals surface area contributed by atoms with E-state index >= 15 is 0 Å². The highest BCUT2D eigenvalue weighted by Gasteiger charge is 2.12. The molecule has 100 valence electrons. The van der Waals surface area contributed by atoms with Crippen LogP contribution in [0.15, 0.2) is 30.3 Å². The quantitative estimate of drug-likeness (QED) is 0.836. The van der Waals surface area contributed by atoms with Gasteiger partial charge in [-0.25, -0.2) is 13.2 Å². The molecule has 0 saturated heterocycles. The Labute approximate surface area is 114 Å². The van der Waals surface area contributed by atoms with Crippen LogP contribution in [0.4, 0.5) is 13.2 Å². The van der Waals surface area contributed by atoms with E-state index in [2.05, 4.69) is 5.32 Å². The van der Waals surface area contributed by atoms with Crippen molar-refractivity contribution in [1.29, 1.82) is 0 Å². The number of benzene rings is 2. The summed E-state index contributed by atoms with van der Waals surface area (Å²) in [5.74, 6) is -2.47. The van der Waals surface area contributed by atoms with E-state index in [1.807, 2.05) is 0 Å². The Morgan fingerprint density at radius 3 is 2.32 bits per heavy atom. The molecular weight excluding hydrogens is 275 g/mol. The highest BCUT2D eigenvalue weighted by Crippen LogP contribution is 2.31. The molecule has 0 amide bonds. The first-order valence-electron chi connectivity index (χ1n) is 5.61. The van der Waals surface area contributed by atoms with Crippen LogP contribution in [-0.2, 0) is 6.54 Å². The smallest absolute Gasteiger partial charge is 0.160 e. The van der Waals surface area contributed by atoms with Gasteiger partial charge in [-0.3, -0.25) is 0 Å². The first-order chi connectivity index (χ1) is 9.02. The summed E-state index contributed by atoms with van der Waals surface area (Å²) in [6.45, 7) is 0.387. The summed E-state index contributed by atoms with van der Waals surface area (Å²) in [7, 11) is 1.71. The number of hydrogen-bond donors (Lipinski definition) is 1. The number of hydrogen-bond acceptors (Lipinski definition) is 1. The molecule has 0 radical (unpaired) electrons. The zero-order valence-corrected chi connectivity index (χ0v) is 10.9. The minimum Gasteiger partial charge on any atom is -0.316 e. The van der Waals surface area contributed by atoms with Gasteiger partial charge in [-0.2, -0.15) is 0 Å². The molecule has 0 aliphatic carbocycles. The molecule has 0 atom stereocenters. The molecule has 1 nitrogen and oxygen atoms in total. The molecule has 2 rings (SSSR count). The highest BCUT2D eigenvalue weighted by atomic mass is 35.5. The summed E-state index contributed by atoms with van der Waals surface area (Å²) >= 11 is 5.85. The van der Waals surface area contributed by atoms with E-state index in [4.69, 9.17) is 11.6 Å². The normalized spacial score (nSPS) is 10.8. The van der Waals surface area contributed by atoms with Crippen LogP contribution in [0.3, 0.4) is 0 Å². The predicted molar refractivity (Wildman–Crippen MR) is 69.5 cm³/mol. The van der Waals surface area contributed by atoms with E-state index in [-0.39, 0.29) is 10.6 Å². The van der Waals surface area contributed by atoms with Crippen LogP contribution in [0, 0.1) is 17.5 Å². The molecular formula is C14H11ClF3N. The van der Waals surface area contributed by atoms with Crippen molar-refractivity contribution in [2.75, 3.05) is 7.05 Å². The van der Waals surface area contributed by atoms with Gasteiger partial charge >= 0.3 is 0 Å². The number of rotatable bonds is 3. The van der Waals surface area contributed by atoms with Gasteiger partial charge in [0.15, 0.2) is 11.6 Å². The fraction of sp³-hybridized carbons (Fsp3) is 0.143. The summed E-state index contributed by atoms with van der Waals surface area (Å²) in [6, 6.07) is 6.30. The van der Waals surface area contributed by atoms with Gasteiger partial charge in [0.05, 0.1) is 5.02 Å². The molecule has 0 fully saturated rings. The first-order valence-corrected chi connectivity index (χ1v) is 5.98. The van der Waals surface area contributed by atoms with Crippen LogP contribution in [0.2, 0.25) is 5.02 Å². The van der Waals surface area contributed by atoms with Crippen LogP contribution in [0.25, 0.3) is 11.1 Å². The summed E-state index contributed by atoms with van der Waals surface area (Å²) in [5, 5.41) is 2.88. The van der Waals surface area contributed by atoms with Crippen molar-refractivity contribution in [3.63, 3.8) is 0 Å². The lowest BCUT2D eigenvalue weighted by Crippen LogP contribution is -2.06. The average molecular weight is 286 g/mol. The topological polar surface area (TPSA) is 12.0 Å². The molecule has 0 aliphatic rings. The molecule has 0 bridgehead atoms. The largest absolute Gasteiger partial charge is 0.316 e. The second-order valence-electron chi connectivity index (χ2n) is 4.08. The van der Waals surface area contributed by atoms with Gasteiger partial charge < -0.3 is 5.32 Å². The Balaban J connectivity index is 2.48. The Hall–Kier alpha value is -1.52. The molecule has 2 aromatic carbocycles. The van der Waals surface area contributed by atoms with E-state index < -0.39 is 17.5 Å². The second-order valence-corrected chi connectivity index (χ2v) is 4.49. The van der Waals surface area contributed by atoms with Gasteiger partial charge in [0.25, 0.3) is 0 Å². The standard InChI is InChI=1S/C14H11ClF3N/c1-19-7-9-3-2-8(4-12(9)16)10-5-13(17)14(18)6-11(10)15/h2-6,19H,7H2,1H3. The third-order valence-electron chi connectivity index (χ3n) is 2.74. The van der Waals surface area contributed by atoms with Gasteiger partial charge in [0.2, 0.25) is 0 Å². The van der Waals surface area contributed by atoms with E-state index in [9.17, 15) is 13.2 Å². The highest BCUT2D eigenvalue weighted by molar-refractivity contribution is 6.33. The van der Waals surface area contributed by atoms with Crippen LogP contribution < -0.4 is 5.32 Å². The molecule has 2 aromatic rings. The van der Waals surface area contributed by atoms with Crippen molar-refractivity contribution in [3.05, 3.63) is 58.4 Å². The Kier molecular flexibility index (Phi) is 4.12. The number of nitrogens with one attached hydrogen (secondary N) is 1. The molecule has 5 heteroatoms. The Morgan fingerprint density at radius 2 is 1.68 bits per heavy atom. The van der Waals surface area contributed by atoms with Crippen molar-refractivity contribution in [3.8, 4) is 11.1 Å². The first kappa shape index (κ1) is 13.9. The van der Waals surface area contributed by atoms with Gasteiger partial charge in [0.1, 0.15) is 5.82 Å². The molecule has 0 saturated carbocycles. The fourth-order valence-electron chi connectivity index (χ4n) is 1.79. The van der Waals surface area contributed by atoms with Crippen LogP contribution >= 0.6 is 11.6 Å². The van der Waals surface area contributed by atoms with E-state index in [1.165, 1.54) is 6.07 Å². The van der Waals surface area contributed by atoms with Crippen LogP contribution in [-0.4, -0.2) is 7.05 Å². The van der Waals surface area contributed by atoms with Crippen molar-refractivity contribution in [2.24, 2.45) is 0 Å².